The van der Waals surface area contributed by atoms with Crippen molar-refractivity contribution in [2.75, 3.05) is 32.7 Å². The Labute approximate surface area is 167 Å². The summed E-state index contributed by atoms with van der Waals surface area (Å²) in [7, 11) is 0. The van der Waals surface area contributed by atoms with Crippen LogP contribution in [0.25, 0.3) is 0 Å². The van der Waals surface area contributed by atoms with Crippen LogP contribution in [0.1, 0.15) is 35.8 Å². The van der Waals surface area contributed by atoms with Crippen molar-refractivity contribution in [3.8, 4) is 0 Å². The Morgan fingerprint density at radius 3 is 2.61 bits per heavy atom. The molecule has 4 rings (SSSR count). The van der Waals surface area contributed by atoms with Crippen LogP contribution in [0.5, 0.6) is 0 Å². The Balaban J connectivity index is 1.35. The fraction of sp³-hybridized carbons (Fsp3) is 0.478. The first-order valence-electron chi connectivity index (χ1n) is 10.3. The third-order valence-electron chi connectivity index (χ3n) is 5.91. The van der Waals surface area contributed by atoms with Gasteiger partial charge in [0.05, 0.1) is 18.2 Å². The predicted molar refractivity (Wildman–Crippen MR) is 109 cm³/mol. The summed E-state index contributed by atoms with van der Waals surface area (Å²) >= 11 is 0. The molecule has 1 atom stereocenters. The van der Waals surface area contributed by atoms with Gasteiger partial charge in [-0.05, 0) is 43.9 Å². The normalized spacial score (nSPS) is 22.3. The molecule has 0 radical (unpaired) electrons. The first-order chi connectivity index (χ1) is 13.6. The molecule has 0 bridgehead atoms. The average molecular weight is 380 g/mol. The molecule has 28 heavy (non-hydrogen) atoms. The number of morpholine rings is 1. The molecular formula is C23H29N3O2. The topological polar surface area (TPSA) is 45.7 Å². The Bertz CT molecular complexity index is 773. The van der Waals surface area contributed by atoms with Crippen LogP contribution in [-0.2, 0) is 11.2 Å². The molecule has 5 heteroatoms. The Hall–Kier alpha value is -2.24. The molecular weight excluding hydrogens is 350 g/mol. The Kier molecular flexibility index (Phi) is 5.74. The van der Waals surface area contributed by atoms with E-state index in [1.165, 1.54) is 5.56 Å². The van der Waals surface area contributed by atoms with Crippen molar-refractivity contribution in [3.05, 3.63) is 66.0 Å². The summed E-state index contributed by atoms with van der Waals surface area (Å²) < 4.78 is 6.40. The third-order valence-corrected chi connectivity index (χ3v) is 5.91. The highest BCUT2D eigenvalue weighted by molar-refractivity contribution is 5.92. The minimum atomic E-state index is -0.217. The number of carbonyl (C=O) groups is 1. The van der Waals surface area contributed by atoms with Crippen molar-refractivity contribution in [1.29, 1.82) is 0 Å². The molecule has 0 saturated carbocycles. The van der Waals surface area contributed by atoms with Gasteiger partial charge in [-0.15, -0.1) is 0 Å². The van der Waals surface area contributed by atoms with E-state index < -0.39 is 0 Å². The van der Waals surface area contributed by atoms with Gasteiger partial charge in [0, 0.05) is 32.4 Å². The summed E-state index contributed by atoms with van der Waals surface area (Å²) in [6.07, 6.45) is 4.75. The standard InChI is InChI=1S/C23H29N3O2/c1-19-17-26(22(27)21-9-5-6-13-24-21)18-23(28-19)11-15-25(16-12-23)14-10-20-7-3-2-4-8-20/h2-9,13,19H,10-12,14-18H2,1H3. The van der Waals surface area contributed by atoms with Gasteiger partial charge in [0.15, 0.2) is 0 Å². The maximum absolute atomic E-state index is 12.9. The number of piperidine rings is 1. The molecule has 0 N–H and O–H groups in total. The van der Waals surface area contributed by atoms with Crippen molar-refractivity contribution < 1.29 is 9.53 Å². The molecule has 1 aromatic heterocycles. The SMILES string of the molecule is CC1CN(C(=O)c2ccccn2)CC2(CCN(CCc3ccccc3)CC2)O1. The fourth-order valence-electron chi connectivity index (χ4n) is 4.42. The summed E-state index contributed by atoms with van der Waals surface area (Å²) in [6, 6.07) is 16.2. The third kappa shape index (κ3) is 4.42. The molecule has 0 aliphatic carbocycles. The van der Waals surface area contributed by atoms with E-state index in [2.05, 4.69) is 47.1 Å². The highest BCUT2D eigenvalue weighted by atomic mass is 16.5. The quantitative estimate of drug-likeness (QED) is 0.819. The number of hydrogen-bond acceptors (Lipinski definition) is 4. The predicted octanol–water partition coefficient (Wildman–Crippen LogP) is 3.02. The summed E-state index contributed by atoms with van der Waals surface area (Å²) in [5.74, 6) is 0.0154. The lowest BCUT2D eigenvalue weighted by Crippen LogP contribution is -2.60. The van der Waals surface area contributed by atoms with E-state index in [4.69, 9.17) is 4.74 Å². The van der Waals surface area contributed by atoms with E-state index in [0.29, 0.717) is 18.8 Å². The number of ether oxygens (including phenoxy) is 1. The van der Waals surface area contributed by atoms with E-state index in [0.717, 1.165) is 38.9 Å². The number of benzene rings is 1. The van der Waals surface area contributed by atoms with Gasteiger partial charge in [0.1, 0.15) is 5.69 Å². The molecule has 1 aromatic carbocycles. The molecule has 1 unspecified atom stereocenters. The van der Waals surface area contributed by atoms with Gasteiger partial charge in [0.25, 0.3) is 5.91 Å². The number of carbonyl (C=O) groups excluding carboxylic acids is 1. The molecule has 1 spiro atoms. The maximum atomic E-state index is 12.9. The lowest BCUT2D eigenvalue weighted by Gasteiger charge is -2.49. The van der Waals surface area contributed by atoms with Gasteiger partial charge in [-0.2, -0.15) is 0 Å². The lowest BCUT2D eigenvalue weighted by atomic mass is 9.88. The minimum Gasteiger partial charge on any atom is -0.368 e. The maximum Gasteiger partial charge on any atom is 0.272 e. The van der Waals surface area contributed by atoms with Crippen molar-refractivity contribution in [1.82, 2.24) is 14.8 Å². The summed E-state index contributed by atoms with van der Waals surface area (Å²) in [6.45, 7) is 6.48. The van der Waals surface area contributed by atoms with Crippen LogP contribution < -0.4 is 0 Å². The van der Waals surface area contributed by atoms with E-state index in [9.17, 15) is 4.79 Å². The fourth-order valence-corrected chi connectivity index (χ4v) is 4.42. The summed E-state index contributed by atoms with van der Waals surface area (Å²) in [4.78, 5) is 21.6. The van der Waals surface area contributed by atoms with E-state index in [-0.39, 0.29) is 17.6 Å². The molecule has 2 fully saturated rings. The summed E-state index contributed by atoms with van der Waals surface area (Å²) in [5, 5.41) is 0. The van der Waals surface area contributed by atoms with Crippen molar-refractivity contribution in [2.45, 2.75) is 37.9 Å². The molecule has 148 valence electrons. The highest BCUT2D eigenvalue weighted by Crippen LogP contribution is 2.33. The van der Waals surface area contributed by atoms with Gasteiger partial charge in [-0.1, -0.05) is 36.4 Å². The second kappa shape index (κ2) is 8.41. The number of rotatable bonds is 4. The van der Waals surface area contributed by atoms with Gasteiger partial charge in [-0.3, -0.25) is 9.78 Å². The van der Waals surface area contributed by atoms with E-state index >= 15 is 0 Å². The zero-order valence-electron chi connectivity index (χ0n) is 16.6. The van der Waals surface area contributed by atoms with E-state index in [1.54, 1.807) is 12.3 Å². The Morgan fingerprint density at radius 2 is 1.89 bits per heavy atom. The van der Waals surface area contributed by atoms with Gasteiger partial charge >= 0.3 is 0 Å². The highest BCUT2D eigenvalue weighted by Gasteiger charge is 2.43. The second-order valence-corrected chi connectivity index (χ2v) is 8.09. The van der Waals surface area contributed by atoms with Crippen LogP contribution in [0.3, 0.4) is 0 Å². The van der Waals surface area contributed by atoms with Crippen LogP contribution in [0.2, 0.25) is 0 Å². The first-order valence-corrected chi connectivity index (χ1v) is 10.3. The number of likely N-dealkylation sites (tertiary alicyclic amines) is 1. The first kappa shape index (κ1) is 19.1. The van der Waals surface area contributed by atoms with Crippen molar-refractivity contribution >= 4 is 5.91 Å². The molecule has 2 aliphatic heterocycles. The molecule has 3 heterocycles. The van der Waals surface area contributed by atoms with Crippen molar-refractivity contribution in [3.63, 3.8) is 0 Å². The zero-order valence-corrected chi connectivity index (χ0v) is 16.6. The number of aromatic nitrogens is 1. The minimum absolute atomic E-state index is 0.0154. The van der Waals surface area contributed by atoms with Crippen LogP contribution >= 0.6 is 0 Å². The summed E-state index contributed by atoms with van der Waals surface area (Å²) in [5.41, 5.74) is 1.69. The second-order valence-electron chi connectivity index (χ2n) is 8.09. The largest absolute Gasteiger partial charge is 0.368 e. The van der Waals surface area contributed by atoms with Gasteiger partial charge in [-0.25, -0.2) is 0 Å². The van der Waals surface area contributed by atoms with Crippen LogP contribution in [-0.4, -0.2) is 65.1 Å². The number of amides is 1. The zero-order chi connectivity index (χ0) is 19.4. The van der Waals surface area contributed by atoms with Crippen LogP contribution in [0, 0.1) is 0 Å². The van der Waals surface area contributed by atoms with Crippen molar-refractivity contribution in [2.24, 2.45) is 0 Å². The smallest absolute Gasteiger partial charge is 0.272 e. The van der Waals surface area contributed by atoms with E-state index in [1.807, 2.05) is 17.0 Å². The number of pyridine rings is 1. The Morgan fingerprint density at radius 1 is 1.14 bits per heavy atom. The van der Waals surface area contributed by atoms with Gasteiger partial charge < -0.3 is 14.5 Å². The molecule has 1 amide bonds. The van der Waals surface area contributed by atoms with Crippen LogP contribution in [0.15, 0.2) is 54.7 Å². The molecule has 5 nitrogen and oxygen atoms in total. The number of nitrogens with zero attached hydrogens (tertiary/aromatic N) is 3. The number of hydrogen-bond donors (Lipinski definition) is 0. The molecule has 2 aliphatic rings. The lowest BCUT2D eigenvalue weighted by molar-refractivity contribution is -0.161. The molecule has 2 saturated heterocycles. The monoisotopic (exact) mass is 379 g/mol. The van der Waals surface area contributed by atoms with Gasteiger partial charge in [0.2, 0.25) is 0 Å². The molecule has 2 aromatic rings. The van der Waals surface area contributed by atoms with Crippen LogP contribution in [0.4, 0.5) is 0 Å². The average Bonchev–Trinajstić information content (AvgIpc) is 2.74.